The summed E-state index contributed by atoms with van der Waals surface area (Å²) in [5.74, 6) is 0. The normalized spacial score (nSPS) is 14.2. The molecular weight excluding hydrogens is 482 g/mol. The Hall–Kier alpha value is -3.25. The molecule has 1 heterocycles. The standard InChI is InChI=1S/C26H34N3O8/c1-19-5-6-25-24(13-19)26(3,4)20(2)27(25)7-8-34-9-10-35-11-12-36-18-37-17-21-14-22(28(30)31)16-23(15-21)29(32)33/h5-6,13-16H,7-12,17-18H2,1-4H3/q+1. The Labute approximate surface area is 215 Å². The van der Waals surface area contributed by atoms with E-state index in [-0.39, 0.29) is 30.2 Å². The van der Waals surface area contributed by atoms with Gasteiger partial charge in [0.1, 0.15) is 13.4 Å². The number of non-ortho nitro benzene ring substituents is 2. The summed E-state index contributed by atoms with van der Waals surface area (Å²) in [6.45, 7) is 11.6. The number of nitro groups is 2. The van der Waals surface area contributed by atoms with E-state index in [1.165, 1.54) is 34.7 Å². The number of fused-ring (bicyclic) bond motifs is 1. The number of ether oxygens (including phenoxy) is 4. The summed E-state index contributed by atoms with van der Waals surface area (Å²) < 4.78 is 24.2. The fraction of sp³-hybridized carbons (Fsp3) is 0.500. The van der Waals surface area contributed by atoms with Crippen molar-refractivity contribution in [1.82, 2.24) is 0 Å². The number of aryl methyl sites for hydroxylation is 1. The van der Waals surface area contributed by atoms with Gasteiger partial charge >= 0.3 is 0 Å². The lowest BCUT2D eigenvalue weighted by Crippen LogP contribution is -2.27. The number of hydrogen-bond acceptors (Lipinski definition) is 8. The highest BCUT2D eigenvalue weighted by Crippen LogP contribution is 2.39. The summed E-state index contributed by atoms with van der Waals surface area (Å²) in [7, 11) is 0. The summed E-state index contributed by atoms with van der Waals surface area (Å²) in [5, 5.41) is 21.9. The summed E-state index contributed by atoms with van der Waals surface area (Å²) in [5.41, 5.74) is 4.78. The lowest BCUT2D eigenvalue weighted by Gasteiger charge is -2.15. The molecular formula is C26H34N3O8+. The largest absolute Gasteiger partial charge is 0.377 e. The van der Waals surface area contributed by atoms with Crippen LogP contribution in [0.5, 0.6) is 0 Å². The molecule has 0 radical (unpaired) electrons. The van der Waals surface area contributed by atoms with Crippen LogP contribution in [0.4, 0.5) is 17.1 Å². The Morgan fingerprint density at radius 1 is 0.811 bits per heavy atom. The smallest absolute Gasteiger partial charge is 0.276 e. The minimum absolute atomic E-state index is 0.00516. The zero-order valence-corrected chi connectivity index (χ0v) is 21.7. The molecule has 0 amide bonds. The molecule has 3 rings (SSSR count). The molecule has 0 aromatic heterocycles. The van der Waals surface area contributed by atoms with Crippen LogP contribution in [-0.2, 0) is 31.0 Å². The van der Waals surface area contributed by atoms with Crippen molar-refractivity contribution < 1.29 is 33.4 Å². The van der Waals surface area contributed by atoms with Crippen molar-refractivity contribution in [2.45, 2.75) is 39.7 Å². The number of nitrogens with zero attached hydrogens (tertiary/aromatic N) is 3. The van der Waals surface area contributed by atoms with E-state index in [2.05, 4.69) is 50.5 Å². The average molecular weight is 517 g/mol. The minimum Gasteiger partial charge on any atom is -0.377 e. The van der Waals surface area contributed by atoms with Crippen molar-refractivity contribution in [3.8, 4) is 0 Å². The number of rotatable bonds is 15. The van der Waals surface area contributed by atoms with Gasteiger partial charge in [-0.15, -0.1) is 0 Å². The van der Waals surface area contributed by atoms with Crippen LogP contribution >= 0.6 is 0 Å². The average Bonchev–Trinajstić information content (AvgIpc) is 3.04. The summed E-state index contributed by atoms with van der Waals surface area (Å²) >= 11 is 0. The van der Waals surface area contributed by atoms with Gasteiger partial charge in [0.25, 0.3) is 11.4 Å². The van der Waals surface area contributed by atoms with Gasteiger partial charge in [-0.2, -0.15) is 4.58 Å². The Kier molecular flexibility index (Phi) is 9.81. The van der Waals surface area contributed by atoms with Crippen LogP contribution in [0.15, 0.2) is 36.4 Å². The zero-order chi connectivity index (χ0) is 27.0. The van der Waals surface area contributed by atoms with Crippen molar-refractivity contribution in [2.75, 3.05) is 46.4 Å². The van der Waals surface area contributed by atoms with Gasteiger partial charge in [0.2, 0.25) is 5.69 Å². The molecule has 0 fully saturated rings. The van der Waals surface area contributed by atoms with E-state index >= 15 is 0 Å². The van der Waals surface area contributed by atoms with Crippen molar-refractivity contribution in [2.24, 2.45) is 0 Å². The van der Waals surface area contributed by atoms with Gasteiger partial charge in [-0.05, 0) is 32.4 Å². The second kappa shape index (κ2) is 12.8. The lowest BCUT2D eigenvalue weighted by atomic mass is 9.82. The molecule has 0 aliphatic carbocycles. The maximum atomic E-state index is 10.9. The fourth-order valence-electron chi connectivity index (χ4n) is 4.21. The van der Waals surface area contributed by atoms with Gasteiger partial charge in [-0.3, -0.25) is 20.2 Å². The molecule has 37 heavy (non-hydrogen) atoms. The van der Waals surface area contributed by atoms with Gasteiger partial charge in [0.15, 0.2) is 12.3 Å². The van der Waals surface area contributed by atoms with Crippen molar-refractivity contribution in [3.63, 3.8) is 0 Å². The first-order valence-corrected chi connectivity index (χ1v) is 12.1. The van der Waals surface area contributed by atoms with E-state index in [9.17, 15) is 20.2 Å². The monoisotopic (exact) mass is 516 g/mol. The third kappa shape index (κ3) is 7.39. The van der Waals surface area contributed by atoms with E-state index in [1.54, 1.807) is 0 Å². The predicted octanol–water partition coefficient (Wildman–Crippen LogP) is 4.43. The van der Waals surface area contributed by atoms with Crippen LogP contribution in [0, 0.1) is 27.2 Å². The van der Waals surface area contributed by atoms with Crippen LogP contribution in [0.3, 0.4) is 0 Å². The quantitative estimate of drug-likeness (QED) is 0.112. The van der Waals surface area contributed by atoms with E-state index < -0.39 is 9.85 Å². The number of benzene rings is 2. The molecule has 0 saturated carbocycles. The van der Waals surface area contributed by atoms with Crippen LogP contribution in [-0.4, -0.2) is 66.5 Å². The predicted molar refractivity (Wildman–Crippen MR) is 137 cm³/mol. The first kappa shape index (κ1) is 28.3. The van der Waals surface area contributed by atoms with Crippen molar-refractivity contribution in [3.05, 3.63) is 73.3 Å². The van der Waals surface area contributed by atoms with E-state index in [4.69, 9.17) is 18.9 Å². The first-order chi connectivity index (χ1) is 17.6. The lowest BCUT2D eigenvalue weighted by molar-refractivity contribution is -0.443. The molecule has 0 bridgehead atoms. The maximum Gasteiger partial charge on any atom is 0.276 e. The summed E-state index contributed by atoms with van der Waals surface area (Å²) in [6.07, 6.45) is 0. The second-order valence-corrected chi connectivity index (χ2v) is 9.35. The molecule has 0 atom stereocenters. The van der Waals surface area contributed by atoms with Crippen LogP contribution in [0.25, 0.3) is 0 Å². The van der Waals surface area contributed by atoms with Crippen molar-refractivity contribution in [1.29, 1.82) is 0 Å². The number of hydrogen-bond donors (Lipinski definition) is 0. The second-order valence-electron chi connectivity index (χ2n) is 9.35. The van der Waals surface area contributed by atoms with Crippen LogP contribution in [0.1, 0.15) is 37.5 Å². The molecule has 0 spiro atoms. The summed E-state index contributed by atoms with van der Waals surface area (Å²) in [4.78, 5) is 20.5. The topological polar surface area (TPSA) is 126 Å². The zero-order valence-electron chi connectivity index (χ0n) is 21.7. The molecule has 1 aliphatic heterocycles. The van der Waals surface area contributed by atoms with Gasteiger partial charge in [-0.1, -0.05) is 11.6 Å². The van der Waals surface area contributed by atoms with E-state index in [0.717, 1.165) is 12.6 Å². The van der Waals surface area contributed by atoms with E-state index in [1.807, 2.05) is 0 Å². The highest BCUT2D eigenvalue weighted by molar-refractivity contribution is 5.93. The van der Waals surface area contributed by atoms with E-state index in [0.29, 0.717) is 38.6 Å². The highest BCUT2D eigenvalue weighted by Gasteiger charge is 2.42. The SMILES string of the molecule is CC1=[N+](CCOCCOCCOCOCc2cc([N+](=O)[O-])cc([N+](=O)[O-])c2)c2ccc(C)cc2C1(C)C. The molecule has 2 aromatic carbocycles. The van der Waals surface area contributed by atoms with Crippen molar-refractivity contribution >= 4 is 22.8 Å². The van der Waals surface area contributed by atoms with Gasteiger partial charge in [-0.25, -0.2) is 0 Å². The Balaban J connectivity index is 1.26. The third-order valence-electron chi connectivity index (χ3n) is 6.45. The highest BCUT2D eigenvalue weighted by atomic mass is 16.7. The van der Waals surface area contributed by atoms with Gasteiger partial charge in [0.05, 0.1) is 54.4 Å². The van der Waals surface area contributed by atoms with Crippen LogP contribution < -0.4 is 0 Å². The maximum absolute atomic E-state index is 10.9. The molecule has 2 aromatic rings. The molecule has 0 unspecified atom stereocenters. The Morgan fingerprint density at radius 2 is 1.41 bits per heavy atom. The molecule has 0 saturated heterocycles. The molecule has 1 aliphatic rings. The molecule has 200 valence electrons. The summed E-state index contributed by atoms with van der Waals surface area (Å²) in [6, 6.07) is 9.97. The fourth-order valence-corrected chi connectivity index (χ4v) is 4.21. The number of nitro benzene ring substituents is 2. The molecule has 0 N–H and O–H groups in total. The molecule has 11 nitrogen and oxygen atoms in total. The Bertz CT molecular complexity index is 1130. The van der Waals surface area contributed by atoms with Crippen LogP contribution in [0.2, 0.25) is 0 Å². The third-order valence-corrected chi connectivity index (χ3v) is 6.45. The molecule has 11 heteroatoms. The first-order valence-electron chi connectivity index (χ1n) is 12.1. The minimum atomic E-state index is -0.680. The van der Waals surface area contributed by atoms with Gasteiger partial charge < -0.3 is 18.9 Å². The van der Waals surface area contributed by atoms with Gasteiger partial charge in [0, 0.05) is 30.7 Å². The Morgan fingerprint density at radius 3 is 2.03 bits per heavy atom.